The Kier molecular flexibility index (Phi) is 5.36. The number of nitrogens with zero attached hydrogens (tertiary/aromatic N) is 3. The molecule has 0 radical (unpaired) electrons. The van der Waals surface area contributed by atoms with Crippen LogP contribution in [-0.2, 0) is 27.2 Å². The number of anilines is 2. The van der Waals surface area contributed by atoms with Gasteiger partial charge in [-0.3, -0.25) is 25.0 Å². The van der Waals surface area contributed by atoms with Crippen molar-refractivity contribution in [3.63, 3.8) is 0 Å². The molecule has 3 aliphatic heterocycles. The number of nitro groups is 1. The number of rotatable bonds is 3. The molecular weight excluding hydrogens is 452 g/mol. The smallest absolute Gasteiger partial charge is 0.335 e. The van der Waals surface area contributed by atoms with Crippen molar-refractivity contribution in [2.24, 2.45) is 5.41 Å². The minimum absolute atomic E-state index is 0.0885. The van der Waals surface area contributed by atoms with Crippen LogP contribution in [0.4, 0.5) is 21.9 Å². The Morgan fingerprint density at radius 3 is 2.51 bits per heavy atom. The molecule has 2 saturated heterocycles. The Morgan fingerprint density at radius 1 is 1.14 bits per heavy atom. The highest BCUT2D eigenvalue weighted by Crippen LogP contribution is 2.48. The first-order valence-corrected chi connectivity index (χ1v) is 11.7. The minimum Gasteiger partial charge on any atom is -0.372 e. The van der Waals surface area contributed by atoms with Gasteiger partial charge in [0.1, 0.15) is 0 Å². The number of imide groups is 2. The Hall–Kier alpha value is -3.79. The highest BCUT2D eigenvalue weighted by molar-refractivity contribution is 6.30. The van der Waals surface area contributed by atoms with Crippen LogP contribution in [0.3, 0.4) is 0 Å². The molecule has 3 aliphatic rings. The van der Waals surface area contributed by atoms with E-state index in [1.54, 1.807) is 18.2 Å². The maximum absolute atomic E-state index is 14.2. The number of fused-ring (bicyclic) bond motifs is 4. The van der Waals surface area contributed by atoms with Crippen molar-refractivity contribution in [2.75, 3.05) is 16.3 Å². The van der Waals surface area contributed by atoms with Gasteiger partial charge in [-0.05, 0) is 49.6 Å². The molecule has 2 aromatic carbocycles. The molecule has 10 nitrogen and oxygen atoms in total. The summed E-state index contributed by atoms with van der Waals surface area (Å²) < 4.78 is 6.07. The molecule has 2 fully saturated rings. The molecule has 5 rings (SSSR count). The summed E-state index contributed by atoms with van der Waals surface area (Å²) in [6, 6.07) is 10.0. The standard InChI is InChI=1S/C25H26N4O6/c1-4-16-5-7-18(8-6-16)28-23(31)25(22(30)26-24(28)32)12-17-11-19(29(33)34)9-10-20(17)27-13-14(2)35-15(3)21(25)27/h5-11,14-15,21H,4,12-13H2,1-3H3,(H,26,30,32). The summed E-state index contributed by atoms with van der Waals surface area (Å²) in [6.45, 7) is 6.09. The zero-order valence-electron chi connectivity index (χ0n) is 19.7. The van der Waals surface area contributed by atoms with Crippen LogP contribution in [0, 0.1) is 15.5 Å². The Balaban J connectivity index is 1.68. The fourth-order valence-electron chi connectivity index (χ4n) is 5.74. The molecule has 35 heavy (non-hydrogen) atoms. The molecular formula is C25H26N4O6. The van der Waals surface area contributed by atoms with Crippen molar-refractivity contribution in [1.29, 1.82) is 0 Å². The zero-order valence-corrected chi connectivity index (χ0v) is 19.7. The van der Waals surface area contributed by atoms with Gasteiger partial charge in [0.15, 0.2) is 5.41 Å². The first-order valence-electron chi connectivity index (χ1n) is 11.7. The average Bonchev–Trinajstić information content (AvgIpc) is 2.82. The van der Waals surface area contributed by atoms with Crippen LogP contribution in [0.15, 0.2) is 42.5 Å². The van der Waals surface area contributed by atoms with Crippen molar-refractivity contribution in [1.82, 2.24) is 5.32 Å². The third-order valence-electron chi connectivity index (χ3n) is 7.25. The molecule has 3 heterocycles. The first kappa shape index (κ1) is 23.0. The molecule has 0 aromatic heterocycles. The molecule has 0 saturated carbocycles. The van der Waals surface area contributed by atoms with Crippen LogP contribution in [0.25, 0.3) is 0 Å². The predicted octanol–water partition coefficient (Wildman–Crippen LogP) is 2.96. The second-order valence-corrected chi connectivity index (χ2v) is 9.39. The number of carbonyl (C=O) groups excluding carboxylic acids is 3. The van der Waals surface area contributed by atoms with E-state index >= 15 is 0 Å². The Labute approximate surface area is 202 Å². The van der Waals surface area contributed by atoms with E-state index in [1.165, 1.54) is 12.1 Å². The molecule has 4 atom stereocenters. The molecule has 2 aromatic rings. The summed E-state index contributed by atoms with van der Waals surface area (Å²) in [7, 11) is 0. The van der Waals surface area contributed by atoms with Gasteiger partial charge in [0, 0.05) is 30.8 Å². The summed E-state index contributed by atoms with van der Waals surface area (Å²) in [4.78, 5) is 54.6. The molecule has 0 bridgehead atoms. The normalized spacial score (nSPS) is 28.0. The van der Waals surface area contributed by atoms with Gasteiger partial charge < -0.3 is 9.64 Å². The largest absolute Gasteiger partial charge is 0.372 e. The number of hydrogen-bond acceptors (Lipinski definition) is 7. The van der Waals surface area contributed by atoms with E-state index in [4.69, 9.17) is 4.74 Å². The van der Waals surface area contributed by atoms with E-state index in [-0.39, 0.29) is 18.2 Å². The molecule has 182 valence electrons. The van der Waals surface area contributed by atoms with Crippen LogP contribution in [0.5, 0.6) is 0 Å². The number of non-ortho nitro benzene ring substituents is 1. The molecule has 1 spiro atoms. The molecule has 0 aliphatic carbocycles. The van der Waals surface area contributed by atoms with Gasteiger partial charge in [0.25, 0.3) is 11.6 Å². The highest BCUT2D eigenvalue weighted by atomic mass is 16.6. The van der Waals surface area contributed by atoms with E-state index < -0.39 is 40.3 Å². The predicted molar refractivity (Wildman–Crippen MR) is 127 cm³/mol. The number of hydrogen-bond donors (Lipinski definition) is 1. The zero-order chi connectivity index (χ0) is 25.1. The van der Waals surface area contributed by atoms with Gasteiger partial charge in [0.05, 0.1) is 28.9 Å². The number of barbiturate groups is 1. The molecule has 4 amide bonds. The fraction of sp³-hybridized carbons (Fsp3) is 0.400. The van der Waals surface area contributed by atoms with Crippen LogP contribution in [0.2, 0.25) is 0 Å². The quantitative estimate of drug-likeness (QED) is 0.409. The first-order chi connectivity index (χ1) is 16.7. The number of carbonyl (C=O) groups is 3. The molecule has 4 unspecified atom stereocenters. The lowest BCUT2D eigenvalue weighted by molar-refractivity contribution is -0.384. The lowest BCUT2D eigenvalue weighted by Crippen LogP contribution is -2.76. The van der Waals surface area contributed by atoms with E-state index in [1.807, 2.05) is 37.8 Å². The number of nitro benzene ring substituents is 1. The number of urea groups is 1. The van der Waals surface area contributed by atoms with E-state index in [9.17, 15) is 24.5 Å². The highest BCUT2D eigenvalue weighted by Gasteiger charge is 2.65. The van der Waals surface area contributed by atoms with Crippen molar-refractivity contribution in [3.05, 3.63) is 63.7 Å². The maximum Gasteiger partial charge on any atom is 0.335 e. The number of aryl methyl sites for hydroxylation is 1. The van der Waals surface area contributed by atoms with Crippen LogP contribution in [-0.4, -0.2) is 47.6 Å². The van der Waals surface area contributed by atoms with Gasteiger partial charge in [-0.15, -0.1) is 0 Å². The van der Waals surface area contributed by atoms with Gasteiger partial charge in [-0.1, -0.05) is 19.1 Å². The van der Waals surface area contributed by atoms with Gasteiger partial charge in [-0.25, -0.2) is 9.69 Å². The number of ether oxygens (including phenoxy) is 1. The van der Waals surface area contributed by atoms with E-state index in [0.29, 0.717) is 17.8 Å². The average molecular weight is 479 g/mol. The molecule has 10 heteroatoms. The van der Waals surface area contributed by atoms with Crippen LogP contribution < -0.4 is 15.1 Å². The summed E-state index contributed by atoms with van der Waals surface area (Å²) in [5, 5.41) is 13.9. The van der Waals surface area contributed by atoms with Crippen molar-refractivity contribution >= 4 is 34.9 Å². The SMILES string of the molecule is CCc1ccc(N2C(=O)NC(=O)C3(Cc4cc([N+](=O)[O-])ccc4N4CC(C)OC(C)C43)C2=O)cc1. The van der Waals surface area contributed by atoms with Crippen LogP contribution in [0.1, 0.15) is 31.9 Å². The van der Waals surface area contributed by atoms with Gasteiger partial charge in [0.2, 0.25) is 5.91 Å². The van der Waals surface area contributed by atoms with Crippen molar-refractivity contribution in [3.8, 4) is 0 Å². The second-order valence-electron chi connectivity index (χ2n) is 9.39. The number of morpholine rings is 1. The van der Waals surface area contributed by atoms with Crippen molar-refractivity contribution < 1.29 is 24.0 Å². The number of amides is 4. The summed E-state index contributed by atoms with van der Waals surface area (Å²) in [5.74, 6) is -1.38. The van der Waals surface area contributed by atoms with Gasteiger partial charge in [-0.2, -0.15) is 0 Å². The second kappa shape index (κ2) is 8.16. The van der Waals surface area contributed by atoms with Crippen molar-refractivity contribution in [2.45, 2.75) is 51.9 Å². The summed E-state index contributed by atoms with van der Waals surface area (Å²) in [6.07, 6.45) is -0.00753. The fourth-order valence-corrected chi connectivity index (χ4v) is 5.74. The topological polar surface area (TPSA) is 122 Å². The Bertz CT molecular complexity index is 1250. The lowest BCUT2D eigenvalue weighted by Gasteiger charge is -2.56. The lowest BCUT2D eigenvalue weighted by atomic mass is 9.66. The minimum atomic E-state index is -1.71. The monoisotopic (exact) mass is 478 g/mol. The van der Waals surface area contributed by atoms with E-state index in [2.05, 4.69) is 5.32 Å². The number of benzene rings is 2. The summed E-state index contributed by atoms with van der Waals surface area (Å²) in [5.41, 5.74) is 0.793. The third kappa shape index (κ3) is 3.39. The van der Waals surface area contributed by atoms with Gasteiger partial charge >= 0.3 is 6.03 Å². The molecule has 1 N–H and O–H groups in total. The van der Waals surface area contributed by atoms with Crippen LogP contribution >= 0.6 is 0 Å². The third-order valence-corrected chi connectivity index (χ3v) is 7.25. The maximum atomic E-state index is 14.2. The Morgan fingerprint density at radius 2 is 1.86 bits per heavy atom. The van der Waals surface area contributed by atoms with E-state index in [0.717, 1.165) is 22.6 Å². The summed E-state index contributed by atoms with van der Waals surface area (Å²) >= 11 is 0. The number of nitrogens with one attached hydrogen (secondary N) is 1.